The van der Waals surface area contributed by atoms with Gasteiger partial charge in [0, 0.05) is 0 Å². The van der Waals surface area contributed by atoms with Crippen molar-refractivity contribution in [1.29, 1.82) is 0 Å². The van der Waals surface area contributed by atoms with Crippen LogP contribution >= 0.6 is 0 Å². The van der Waals surface area contributed by atoms with Gasteiger partial charge in [-0.05, 0) is 18.1 Å². The van der Waals surface area contributed by atoms with Crippen LogP contribution in [0.5, 0.6) is 0 Å². The van der Waals surface area contributed by atoms with Gasteiger partial charge in [0.1, 0.15) is 7.11 Å². The molecule has 0 aliphatic heterocycles. The van der Waals surface area contributed by atoms with Gasteiger partial charge in [-0.25, -0.2) is 0 Å². The summed E-state index contributed by atoms with van der Waals surface area (Å²) in [6.45, 7) is 2.05. The molecule has 1 rings (SSSR count). The zero-order valence-electron chi connectivity index (χ0n) is 8.60. The monoisotopic (exact) mass is 189 g/mol. The van der Waals surface area contributed by atoms with E-state index in [1.54, 1.807) is 7.11 Å². The van der Waals surface area contributed by atoms with Crippen molar-refractivity contribution in [3.05, 3.63) is 42.0 Å². The molecule has 0 bridgehead atoms. The van der Waals surface area contributed by atoms with E-state index < -0.39 is 0 Å². The smallest absolute Gasteiger partial charge is 0.106 e. The lowest BCUT2D eigenvalue weighted by molar-refractivity contribution is 0.213. The Balaban J connectivity index is 2.68. The number of benzene rings is 1. The van der Waals surface area contributed by atoms with Gasteiger partial charge >= 0.3 is 0 Å². The molecule has 0 unspecified atom stereocenters. The molecular weight excluding hydrogens is 174 g/mol. The zero-order chi connectivity index (χ0) is 10.2. The van der Waals surface area contributed by atoms with E-state index in [4.69, 9.17) is 4.84 Å². The Labute approximate surface area is 84.9 Å². The summed E-state index contributed by atoms with van der Waals surface area (Å²) in [5.74, 6) is 0. The fourth-order valence-electron chi connectivity index (χ4n) is 1.09. The Kier molecular flexibility index (Phi) is 4.48. The number of hydrogen-bond acceptors (Lipinski definition) is 2. The van der Waals surface area contributed by atoms with Gasteiger partial charge in [0.15, 0.2) is 0 Å². The van der Waals surface area contributed by atoms with Gasteiger partial charge in [-0.2, -0.15) is 0 Å². The number of oxime groups is 1. The van der Waals surface area contributed by atoms with Crippen LogP contribution in [0.15, 0.2) is 41.6 Å². The first-order valence-electron chi connectivity index (χ1n) is 4.70. The number of rotatable bonds is 4. The molecule has 2 heteroatoms. The van der Waals surface area contributed by atoms with Crippen LogP contribution in [0.4, 0.5) is 0 Å². The lowest BCUT2D eigenvalue weighted by Gasteiger charge is -1.95. The van der Waals surface area contributed by atoms with Crippen LogP contribution in [0.1, 0.15) is 18.9 Å². The third-order valence-corrected chi connectivity index (χ3v) is 1.84. The average Bonchev–Trinajstić information content (AvgIpc) is 2.25. The molecule has 1 aromatic rings. The summed E-state index contributed by atoms with van der Waals surface area (Å²) >= 11 is 0. The lowest BCUT2D eigenvalue weighted by Crippen LogP contribution is -1.90. The molecule has 0 aliphatic rings. The van der Waals surface area contributed by atoms with Crippen LogP contribution in [0.25, 0.3) is 6.08 Å². The predicted octanol–water partition coefficient (Wildman–Crippen LogP) is 3.11. The molecule has 0 saturated heterocycles. The van der Waals surface area contributed by atoms with E-state index in [0.29, 0.717) is 0 Å². The lowest BCUT2D eigenvalue weighted by atomic mass is 10.2. The van der Waals surface area contributed by atoms with Crippen LogP contribution in [-0.2, 0) is 4.84 Å². The third kappa shape index (κ3) is 3.44. The van der Waals surface area contributed by atoms with Crippen molar-refractivity contribution in [3.8, 4) is 0 Å². The van der Waals surface area contributed by atoms with E-state index in [2.05, 4.69) is 17.3 Å². The van der Waals surface area contributed by atoms with E-state index in [1.807, 2.05) is 37.3 Å². The number of allylic oxidation sites excluding steroid dienone is 1. The highest BCUT2D eigenvalue weighted by Crippen LogP contribution is 2.02. The highest BCUT2D eigenvalue weighted by atomic mass is 16.6. The van der Waals surface area contributed by atoms with Crippen molar-refractivity contribution >= 4 is 11.8 Å². The minimum atomic E-state index is 0.872. The van der Waals surface area contributed by atoms with Gasteiger partial charge in [-0.3, -0.25) is 0 Å². The Bertz CT molecular complexity index is 314. The summed E-state index contributed by atoms with van der Waals surface area (Å²) in [4.78, 5) is 4.72. The number of nitrogens with zero attached hydrogens (tertiary/aromatic N) is 1. The van der Waals surface area contributed by atoms with E-state index in [1.165, 1.54) is 5.56 Å². The fraction of sp³-hybridized carbons (Fsp3) is 0.250. The molecule has 74 valence electrons. The average molecular weight is 189 g/mol. The Hall–Kier alpha value is -1.57. The van der Waals surface area contributed by atoms with Crippen molar-refractivity contribution in [3.63, 3.8) is 0 Å². The number of hydrogen-bond donors (Lipinski definition) is 0. The summed E-state index contributed by atoms with van der Waals surface area (Å²) in [6, 6.07) is 10.1. The Morgan fingerprint density at radius 2 is 2.07 bits per heavy atom. The normalized spacial score (nSPS) is 12.0. The Morgan fingerprint density at radius 3 is 2.64 bits per heavy atom. The molecule has 2 nitrogen and oxygen atoms in total. The van der Waals surface area contributed by atoms with Crippen molar-refractivity contribution in [2.24, 2.45) is 5.16 Å². The summed E-state index contributed by atoms with van der Waals surface area (Å²) < 4.78 is 0. The van der Waals surface area contributed by atoms with E-state index >= 15 is 0 Å². The minimum absolute atomic E-state index is 0.872. The molecule has 0 N–H and O–H groups in total. The Morgan fingerprint density at radius 1 is 1.36 bits per heavy atom. The summed E-state index contributed by atoms with van der Waals surface area (Å²) in [5, 5.41) is 3.89. The molecule has 0 atom stereocenters. The molecule has 0 aromatic heterocycles. The molecule has 0 heterocycles. The van der Waals surface area contributed by atoms with Crippen molar-refractivity contribution < 1.29 is 4.84 Å². The highest BCUT2D eigenvalue weighted by molar-refractivity contribution is 5.97. The topological polar surface area (TPSA) is 21.6 Å². The molecule has 14 heavy (non-hydrogen) atoms. The SMILES string of the molecule is CCC(C=Cc1ccccc1)=NOC. The van der Waals surface area contributed by atoms with Gasteiger partial charge in [0.05, 0.1) is 5.71 Å². The zero-order valence-corrected chi connectivity index (χ0v) is 8.60. The summed E-state index contributed by atoms with van der Waals surface area (Å²) in [7, 11) is 1.56. The summed E-state index contributed by atoms with van der Waals surface area (Å²) in [5.41, 5.74) is 2.11. The predicted molar refractivity (Wildman–Crippen MR) is 60.2 cm³/mol. The second-order valence-electron chi connectivity index (χ2n) is 2.86. The van der Waals surface area contributed by atoms with E-state index in [9.17, 15) is 0 Å². The van der Waals surface area contributed by atoms with Gasteiger partial charge in [-0.1, -0.05) is 48.5 Å². The van der Waals surface area contributed by atoms with Crippen molar-refractivity contribution in [2.45, 2.75) is 13.3 Å². The molecule has 0 radical (unpaired) electrons. The van der Waals surface area contributed by atoms with Crippen LogP contribution < -0.4 is 0 Å². The maximum Gasteiger partial charge on any atom is 0.106 e. The molecule has 0 fully saturated rings. The van der Waals surface area contributed by atoms with Crippen LogP contribution in [0, 0.1) is 0 Å². The van der Waals surface area contributed by atoms with Crippen LogP contribution in [0.2, 0.25) is 0 Å². The maximum absolute atomic E-state index is 4.72. The first kappa shape index (κ1) is 10.5. The quantitative estimate of drug-likeness (QED) is 0.526. The molecule has 0 amide bonds. The fourth-order valence-corrected chi connectivity index (χ4v) is 1.09. The van der Waals surface area contributed by atoms with Gasteiger partial charge in [0.25, 0.3) is 0 Å². The second-order valence-corrected chi connectivity index (χ2v) is 2.86. The van der Waals surface area contributed by atoms with Crippen LogP contribution in [0.3, 0.4) is 0 Å². The standard InChI is InChI=1S/C12H15NO/c1-3-12(13-14-2)10-9-11-7-5-4-6-8-11/h4-10H,3H2,1-2H3. The second kappa shape index (κ2) is 5.97. The minimum Gasteiger partial charge on any atom is -0.399 e. The van der Waals surface area contributed by atoms with E-state index in [-0.39, 0.29) is 0 Å². The first-order chi connectivity index (χ1) is 6.86. The maximum atomic E-state index is 4.72. The van der Waals surface area contributed by atoms with E-state index in [0.717, 1.165) is 12.1 Å². The molecular formula is C12H15NO. The van der Waals surface area contributed by atoms with Crippen LogP contribution in [-0.4, -0.2) is 12.8 Å². The van der Waals surface area contributed by atoms with Crippen molar-refractivity contribution in [2.75, 3.05) is 7.11 Å². The molecule has 1 aromatic carbocycles. The third-order valence-electron chi connectivity index (χ3n) is 1.84. The largest absolute Gasteiger partial charge is 0.399 e. The highest BCUT2D eigenvalue weighted by Gasteiger charge is 1.89. The van der Waals surface area contributed by atoms with Crippen molar-refractivity contribution in [1.82, 2.24) is 0 Å². The summed E-state index contributed by atoms with van der Waals surface area (Å²) in [6.07, 6.45) is 4.87. The molecule has 0 saturated carbocycles. The molecule has 0 aliphatic carbocycles. The van der Waals surface area contributed by atoms with Gasteiger partial charge in [0.2, 0.25) is 0 Å². The molecule has 0 spiro atoms. The van der Waals surface area contributed by atoms with Gasteiger partial charge < -0.3 is 4.84 Å². The first-order valence-corrected chi connectivity index (χ1v) is 4.70. The van der Waals surface area contributed by atoms with Gasteiger partial charge in [-0.15, -0.1) is 0 Å².